The summed E-state index contributed by atoms with van der Waals surface area (Å²) in [6, 6.07) is 2.70. The van der Waals surface area contributed by atoms with E-state index in [2.05, 4.69) is 15.0 Å². The van der Waals surface area contributed by atoms with Gasteiger partial charge in [-0.3, -0.25) is 0 Å². The monoisotopic (exact) mass is 256 g/mol. The van der Waals surface area contributed by atoms with Crippen LogP contribution in [0.4, 0.5) is 8.78 Å². The molecule has 0 atom stereocenters. The predicted molar refractivity (Wildman–Crippen MR) is 65.9 cm³/mol. The van der Waals surface area contributed by atoms with Crippen LogP contribution in [0.1, 0.15) is 5.56 Å². The number of halogens is 2. The lowest BCUT2D eigenvalue weighted by molar-refractivity contribution is 0.243. The van der Waals surface area contributed by atoms with E-state index in [1.807, 2.05) is 0 Å². The number of hydrogen-bond donors (Lipinski definition) is 1. The third-order valence-corrected chi connectivity index (χ3v) is 3.19. The van der Waals surface area contributed by atoms with Crippen molar-refractivity contribution in [1.29, 1.82) is 0 Å². The highest BCUT2D eigenvalue weighted by Gasteiger charge is 2.13. The summed E-state index contributed by atoms with van der Waals surface area (Å²) in [5, 5.41) is 3.27. The smallest absolute Gasteiger partial charge is 0.190 e. The molecule has 0 amide bonds. The van der Waals surface area contributed by atoms with Crippen molar-refractivity contribution in [3.63, 3.8) is 0 Å². The van der Waals surface area contributed by atoms with E-state index in [1.54, 1.807) is 0 Å². The summed E-state index contributed by atoms with van der Waals surface area (Å²) >= 11 is 0. The Morgan fingerprint density at radius 1 is 1.22 bits per heavy atom. The number of rotatable bonds is 4. The molecule has 18 heavy (non-hydrogen) atoms. The fourth-order valence-electron chi connectivity index (χ4n) is 2.17. The van der Waals surface area contributed by atoms with E-state index in [0.29, 0.717) is 12.0 Å². The first-order valence-electron chi connectivity index (χ1n) is 6.15. The van der Waals surface area contributed by atoms with E-state index in [0.717, 1.165) is 32.7 Å². The topological polar surface area (TPSA) is 24.5 Å². The zero-order valence-electron chi connectivity index (χ0n) is 10.5. The lowest BCUT2D eigenvalue weighted by atomic mass is 10.1. The average Bonchev–Trinajstić information content (AvgIpc) is 2.37. The van der Waals surface area contributed by atoms with Crippen LogP contribution in [0, 0.1) is 11.6 Å². The van der Waals surface area contributed by atoms with Crippen LogP contribution in [0.15, 0.2) is 12.1 Å². The fraction of sp³-hybridized carbons (Fsp3) is 0.538. The number of piperazine rings is 1. The molecule has 1 heterocycles. The molecule has 5 heteroatoms. The molecular formula is C13H18F2N2O. The van der Waals surface area contributed by atoms with Crippen molar-refractivity contribution in [2.45, 2.75) is 6.42 Å². The normalized spacial score (nSPS) is 16.8. The molecule has 0 bridgehead atoms. The van der Waals surface area contributed by atoms with E-state index in [1.165, 1.54) is 19.2 Å². The quantitative estimate of drug-likeness (QED) is 0.882. The number of methoxy groups -OCH3 is 1. The second-order valence-electron chi connectivity index (χ2n) is 4.43. The van der Waals surface area contributed by atoms with Crippen LogP contribution < -0.4 is 10.1 Å². The molecular weight excluding hydrogens is 238 g/mol. The predicted octanol–water partition coefficient (Wildman–Crippen LogP) is 1.42. The van der Waals surface area contributed by atoms with Gasteiger partial charge in [0, 0.05) is 32.7 Å². The Morgan fingerprint density at radius 2 is 1.83 bits per heavy atom. The average molecular weight is 256 g/mol. The van der Waals surface area contributed by atoms with Gasteiger partial charge >= 0.3 is 0 Å². The Balaban J connectivity index is 1.96. The summed E-state index contributed by atoms with van der Waals surface area (Å²) in [5.74, 6) is -1.57. The Bertz CT molecular complexity index is 383. The number of ether oxygens (including phenoxy) is 1. The minimum Gasteiger partial charge on any atom is -0.491 e. The summed E-state index contributed by atoms with van der Waals surface area (Å²) in [5.41, 5.74) is 0.671. The molecule has 100 valence electrons. The molecule has 1 aromatic rings. The first kappa shape index (κ1) is 13.2. The van der Waals surface area contributed by atoms with Gasteiger partial charge in [-0.05, 0) is 24.1 Å². The second-order valence-corrected chi connectivity index (χ2v) is 4.43. The molecule has 3 nitrogen and oxygen atoms in total. The van der Waals surface area contributed by atoms with Crippen LogP contribution in [0.25, 0.3) is 0 Å². The first-order chi connectivity index (χ1) is 8.70. The van der Waals surface area contributed by atoms with Crippen molar-refractivity contribution in [3.8, 4) is 5.75 Å². The minimum absolute atomic E-state index is 0.305. The van der Waals surface area contributed by atoms with Gasteiger partial charge in [-0.25, -0.2) is 8.78 Å². The van der Waals surface area contributed by atoms with Crippen molar-refractivity contribution in [1.82, 2.24) is 10.2 Å². The second kappa shape index (κ2) is 6.11. The molecule has 1 fully saturated rings. The molecule has 0 aliphatic carbocycles. The van der Waals surface area contributed by atoms with Crippen molar-refractivity contribution >= 4 is 0 Å². The Morgan fingerprint density at radius 3 is 2.39 bits per heavy atom. The number of hydrogen-bond acceptors (Lipinski definition) is 3. The van der Waals surface area contributed by atoms with Crippen LogP contribution in [-0.2, 0) is 6.42 Å². The third kappa shape index (κ3) is 3.17. The van der Waals surface area contributed by atoms with Gasteiger partial charge in [0.2, 0.25) is 0 Å². The Kier molecular flexibility index (Phi) is 4.49. The molecule has 1 saturated heterocycles. The van der Waals surface area contributed by atoms with E-state index in [4.69, 9.17) is 0 Å². The van der Waals surface area contributed by atoms with Crippen molar-refractivity contribution in [2.24, 2.45) is 0 Å². The van der Waals surface area contributed by atoms with Crippen molar-refractivity contribution in [3.05, 3.63) is 29.3 Å². The molecule has 1 aliphatic rings. The molecule has 1 aromatic carbocycles. The maximum atomic E-state index is 13.5. The molecule has 0 aromatic heterocycles. The van der Waals surface area contributed by atoms with Crippen LogP contribution in [0.3, 0.4) is 0 Å². The summed E-state index contributed by atoms with van der Waals surface area (Å²) in [4.78, 5) is 2.29. The molecule has 0 spiro atoms. The molecule has 2 rings (SSSR count). The van der Waals surface area contributed by atoms with E-state index >= 15 is 0 Å². The van der Waals surface area contributed by atoms with Gasteiger partial charge in [-0.2, -0.15) is 0 Å². The van der Waals surface area contributed by atoms with Gasteiger partial charge in [0.25, 0.3) is 0 Å². The SMILES string of the molecule is COc1c(F)cc(CCN2CCNCC2)cc1F. The van der Waals surface area contributed by atoms with E-state index in [9.17, 15) is 8.78 Å². The fourth-order valence-corrected chi connectivity index (χ4v) is 2.17. The molecule has 0 radical (unpaired) electrons. The summed E-state index contributed by atoms with van der Waals surface area (Å²) in [6.45, 7) is 4.76. The minimum atomic E-state index is -0.632. The number of nitrogens with zero attached hydrogens (tertiary/aromatic N) is 1. The van der Waals surface area contributed by atoms with Gasteiger partial charge in [-0.1, -0.05) is 0 Å². The maximum absolute atomic E-state index is 13.5. The van der Waals surface area contributed by atoms with Gasteiger partial charge < -0.3 is 15.0 Å². The van der Waals surface area contributed by atoms with Gasteiger partial charge in [-0.15, -0.1) is 0 Å². The summed E-state index contributed by atoms with van der Waals surface area (Å²) in [7, 11) is 1.27. The first-order valence-corrected chi connectivity index (χ1v) is 6.15. The number of nitrogens with one attached hydrogen (secondary N) is 1. The van der Waals surface area contributed by atoms with E-state index in [-0.39, 0.29) is 5.75 Å². The van der Waals surface area contributed by atoms with Crippen LogP contribution in [-0.4, -0.2) is 44.7 Å². The summed E-state index contributed by atoms with van der Waals surface area (Å²) in [6.07, 6.45) is 0.651. The zero-order chi connectivity index (χ0) is 13.0. The lowest BCUT2D eigenvalue weighted by Crippen LogP contribution is -2.44. The highest BCUT2D eigenvalue weighted by atomic mass is 19.1. The molecule has 0 saturated carbocycles. The largest absolute Gasteiger partial charge is 0.491 e. The highest BCUT2D eigenvalue weighted by Crippen LogP contribution is 2.23. The maximum Gasteiger partial charge on any atom is 0.190 e. The van der Waals surface area contributed by atoms with Crippen molar-refractivity contribution in [2.75, 3.05) is 39.8 Å². The zero-order valence-corrected chi connectivity index (χ0v) is 10.5. The van der Waals surface area contributed by atoms with Crippen LogP contribution in [0.2, 0.25) is 0 Å². The van der Waals surface area contributed by atoms with Crippen LogP contribution >= 0.6 is 0 Å². The standard InChI is InChI=1S/C13H18F2N2O/c1-18-13-11(14)8-10(9-12(13)15)2-5-17-6-3-16-4-7-17/h8-9,16H,2-7H2,1H3. The van der Waals surface area contributed by atoms with Gasteiger partial charge in [0.05, 0.1) is 7.11 Å². The lowest BCUT2D eigenvalue weighted by Gasteiger charge is -2.27. The van der Waals surface area contributed by atoms with Gasteiger partial charge in [0.15, 0.2) is 17.4 Å². The highest BCUT2D eigenvalue weighted by molar-refractivity contribution is 5.31. The van der Waals surface area contributed by atoms with E-state index < -0.39 is 11.6 Å². The Labute approximate surface area is 106 Å². The molecule has 1 aliphatic heterocycles. The molecule has 1 N–H and O–H groups in total. The van der Waals surface area contributed by atoms with Gasteiger partial charge in [0.1, 0.15) is 0 Å². The number of benzene rings is 1. The Hall–Kier alpha value is -1.20. The van der Waals surface area contributed by atoms with Crippen LogP contribution in [0.5, 0.6) is 5.75 Å². The summed E-state index contributed by atoms with van der Waals surface area (Å²) < 4.78 is 31.6. The third-order valence-electron chi connectivity index (χ3n) is 3.19. The van der Waals surface area contributed by atoms with Crippen molar-refractivity contribution < 1.29 is 13.5 Å². The molecule has 0 unspecified atom stereocenters.